The van der Waals surface area contributed by atoms with Crippen LogP contribution in [-0.2, 0) is 9.53 Å². The monoisotopic (exact) mass is 307 g/mol. The van der Waals surface area contributed by atoms with Crippen molar-refractivity contribution in [1.29, 1.82) is 0 Å². The number of aliphatic hydroxyl groups excluding tert-OH is 1. The van der Waals surface area contributed by atoms with Gasteiger partial charge in [-0.05, 0) is 44.2 Å². The fourth-order valence-corrected chi connectivity index (χ4v) is 2.58. The van der Waals surface area contributed by atoms with Crippen LogP contribution in [0.3, 0.4) is 0 Å². The molecule has 0 bridgehead atoms. The maximum absolute atomic E-state index is 12.0. The Balaban J connectivity index is 1.66. The minimum Gasteiger partial charge on any atom is -0.481 e. The van der Waals surface area contributed by atoms with E-state index in [-0.39, 0.29) is 17.9 Å². The SMILES string of the molecule is C[C@H](Oc1ccccc1)C(=O)NCC[C@@H](O)C1CCOCC1. The molecular weight excluding hydrogens is 282 g/mol. The van der Waals surface area contributed by atoms with Crippen LogP contribution < -0.4 is 10.1 Å². The number of carbonyl (C=O) groups is 1. The Morgan fingerprint density at radius 2 is 2.05 bits per heavy atom. The number of rotatable bonds is 7. The second kappa shape index (κ2) is 8.76. The van der Waals surface area contributed by atoms with Crippen molar-refractivity contribution < 1.29 is 19.4 Å². The summed E-state index contributed by atoms with van der Waals surface area (Å²) in [6.07, 6.45) is 1.41. The Hall–Kier alpha value is -1.59. The topological polar surface area (TPSA) is 67.8 Å². The molecule has 22 heavy (non-hydrogen) atoms. The Kier molecular flexibility index (Phi) is 6.68. The number of para-hydroxylation sites is 1. The van der Waals surface area contributed by atoms with Gasteiger partial charge in [0.05, 0.1) is 6.10 Å². The summed E-state index contributed by atoms with van der Waals surface area (Å²) in [6.45, 7) is 3.61. The van der Waals surface area contributed by atoms with Crippen molar-refractivity contribution in [3.63, 3.8) is 0 Å². The highest BCUT2D eigenvalue weighted by Gasteiger charge is 2.22. The lowest BCUT2D eigenvalue weighted by Gasteiger charge is -2.26. The van der Waals surface area contributed by atoms with E-state index in [1.807, 2.05) is 30.3 Å². The second-order valence-corrected chi connectivity index (χ2v) is 5.67. The van der Waals surface area contributed by atoms with Crippen LogP contribution in [0.5, 0.6) is 5.75 Å². The summed E-state index contributed by atoms with van der Waals surface area (Å²) in [5.41, 5.74) is 0. The highest BCUT2D eigenvalue weighted by Crippen LogP contribution is 2.20. The van der Waals surface area contributed by atoms with Crippen LogP contribution in [0.2, 0.25) is 0 Å². The van der Waals surface area contributed by atoms with E-state index in [9.17, 15) is 9.90 Å². The van der Waals surface area contributed by atoms with Crippen molar-refractivity contribution in [2.75, 3.05) is 19.8 Å². The van der Waals surface area contributed by atoms with Crippen LogP contribution in [0.4, 0.5) is 0 Å². The number of nitrogens with one attached hydrogen (secondary N) is 1. The van der Waals surface area contributed by atoms with E-state index in [0.29, 0.717) is 18.7 Å². The van der Waals surface area contributed by atoms with E-state index in [0.717, 1.165) is 26.1 Å². The van der Waals surface area contributed by atoms with Gasteiger partial charge in [0, 0.05) is 19.8 Å². The molecule has 1 aliphatic rings. The molecule has 1 aromatic carbocycles. The zero-order valence-corrected chi connectivity index (χ0v) is 13.0. The molecule has 1 fully saturated rings. The van der Waals surface area contributed by atoms with Gasteiger partial charge in [-0.1, -0.05) is 18.2 Å². The van der Waals surface area contributed by atoms with Crippen LogP contribution in [0.25, 0.3) is 0 Å². The van der Waals surface area contributed by atoms with Gasteiger partial charge in [0.25, 0.3) is 5.91 Å². The van der Waals surface area contributed by atoms with E-state index in [2.05, 4.69) is 5.32 Å². The van der Waals surface area contributed by atoms with E-state index >= 15 is 0 Å². The van der Waals surface area contributed by atoms with Crippen LogP contribution in [0.15, 0.2) is 30.3 Å². The zero-order valence-electron chi connectivity index (χ0n) is 13.0. The first kappa shape index (κ1) is 16.8. The third-order valence-electron chi connectivity index (χ3n) is 3.97. The van der Waals surface area contributed by atoms with Gasteiger partial charge in [-0.25, -0.2) is 0 Å². The summed E-state index contributed by atoms with van der Waals surface area (Å²) in [4.78, 5) is 12.0. The van der Waals surface area contributed by atoms with Gasteiger partial charge < -0.3 is 19.9 Å². The summed E-state index contributed by atoms with van der Waals surface area (Å²) in [5, 5.41) is 12.9. The number of benzene rings is 1. The molecule has 1 aliphatic heterocycles. The van der Waals surface area contributed by atoms with Crippen LogP contribution in [0, 0.1) is 5.92 Å². The molecule has 0 spiro atoms. The molecule has 2 atom stereocenters. The minimum absolute atomic E-state index is 0.164. The number of amides is 1. The molecule has 1 heterocycles. The quantitative estimate of drug-likeness (QED) is 0.805. The van der Waals surface area contributed by atoms with Crippen molar-refractivity contribution in [2.24, 2.45) is 5.92 Å². The third kappa shape index (κ3) is 5.31. The molecule has 122 valence electrons. The van der Waals surface area contributed by atoms with Crippen LogP contribution in [0.1, 0.15) is 26.2 Å². The summed E-state index contributed by atoms with van der Waals surface area (Å²) in [5.74, 6) is 0.791. The molecule has 0 saturated carbocycles. The Morgan fingerprint density at radius 3 is 2.73 bits per heavy atom. The summed E-state index contributed by atoms with van der Waals surface area (Å²) in [7, 11) is 0. The smallest absolute Gasteiger partial charge is 0.260 e. The van der Waals surface area contributed by atoms with E-state index in [1.165, 1.54) is 0 Å². The van der Waals surface area contributed by atoms with E-state index in [1.54, 1.807) is 6.92 Å². The lowest BCUT2D eigenvalue weighted by Crippen LogP contribution is -2.38. The Labute approximate surface area is 131 Å². The number of ether oxygens (including phenoxy) is 2. The first-order chi connectivity index (χ1) is 10.7. The van der Waals surface area contributed by atoms with Crippen molar-refractivity contribution in [3.8, 4) is 5.75 Å². The molecule has 1 amide bonds. The molecule has 2 N–H and O–H groups in total. The standard InChI is InChI=1S/C17H25NO4/c1-13(22-15-5-3-2-4-6-15)17(20)18-10-7-16(19)14-8-11-21-12-9-14/h2-6,13-14,16,19H,7-12H2,1H3,(H,18,20)/t13-,16+/m0/s1. The summed E-state index contributed by atoms with van der Waals surface area (Å²) in [6, 6.07) is 9.26. The normalized spacial score (nSPS) is 18.5. The average molecular weight is 307 g/mol. The minimum atomic E-state index is -0.553. The van der Waals surface area contributed by atoms with Gasteiger partial charge in [-0.2, -0.15) is 0 Å². The molecule has 5 heteroatoms. The van der Waals surface area contributed by atoms with E-state index in [4.69, 9.17) is 9.47 Å². The average Bonchev–Trinajstić information content (AvgIpc) is 2.56. The maximum atomic E-state index is 12.0. The molecule has 0 aliphatic carbocycles. The largest absolute Gasteiger partial charge is 0.481 e. The first-order valence-corrected chi connectivity index (χ1v) is 7.92. The van der Waals surface area contributed by atoms with Crippen molar-refractivity contribution >= 4 is 5.91 Å². The fraction of sp³-hybridized carbons (Fsp3) is 0.588. The highest BCUT2D eigenvalue weighted by atomic mass is 16.5. The van der Waals surface area contributed by atoms with Gasteiger partial charge in [0.1, 0.15) is 5.75 Å². The zero-order chi connectivity index (χ0) is 15.8. The number of hydrogen-bond acceptors (Lipinski definition) is 4. The first-order valence-electron chi connectivity index (χ1n) is 7.92. The molecule has 1 saturated heterocycles. The molecule has 0 aromatic heterocycles. The molecule has 2 rings (SSSR count). The molecule has 1 aromatic rings. The molecule has 5 nitrogen and oxygen atoms in total. The lowest BCUT2D eigenvalue weighted by molar-refractivity contribution is -0.127. The van der Waals surface area contributed by atoms with Gasteiger partial charge >= 0.3 is 0 Å². The number of hydrogen-bond donors (Lipinski definition) is 2. The predicted molar refractivity (Wildman–Crippen MR) is 83.7 cm³/mol. The molecule has 0 radical (unpaired) electrons. The predicted octanol–water partition coefficient (Wildman–Crippen LogP) is 1.75. The molecule has 0 unspecified atom stereocenters. The second-order valence-electron chi connectivity index (χ2n) is 5.67. The van der Waals surface area contributed by atoms with Gasteiger partial charge in [0.15, 0.2) is 6.10 Å². The van der Waals surface area contributed by atoms with Crippen molar-refractivity contribution in [3.05, 3.63) is 30.3 Å². The van der Waals surface area contributed by atoms with Gasteiger partial charge in [-0.3, -0.25) is 4.79 Å². The fourth-order valence-electron chi connectivity index (χ4n) is 2.58. The maximum Gasteiger partial charge on any atom is 0.260 e. The highest BCUT2D eigenvalue weighted by molar-refractivity contribution is 5.80. The van der Waals surface area contributed by atoms with Crippen molar-refractivity contribution in [1.82, 2.24) is 5.32 Å². The number of aliphatic hydroxyl groups is 1. The Morgan fingerprint density at radius 1 is 1.36 bits per heavy atom. The van der Waals surface area contributed by atoms with Crippen LogP contribution in [-0.4, -0.2) is 43.0 Å². The Bertz CT molecular complexity index is 445. The van der Waals surface area contributed by atoms with Gasteiger partial charge in [-0.15, -0.1) is 0 Å². The van der Waals surface area contributed by atoms with E-state index < -0.39 is 6.10 Å². The lowest BCUT2D eigenvalue weighted by atomic mass is 9.92. The van der Waals surface area contributed by atoms with Crippen molar-refractivity contribution in [2.45, 2.75) is 38.4 Å². The summed E-state index contributed by atoms with van der Waals surface area (Å²) < 4.78 is 10.8. The summed E-state index contributed by atoms with van der Waals surface area (Å²) >= 11 is 0. The van der Waals surface area contributed by atoms with Gasteiger partial charge in [0.2, 0.25) is 0 Å². The third-order valence-corrected chi connectivity index (χ3v) is 3.97. The number of carbonyl (C=O) groups excluding carboxylic acids is 1. The van der Waals surface area contributed by atoms with Crippen LogP contribution >= 0.6 is 0 Å². The molecular formula is C17H25NO4.